The number of aromatic nitrogens is 3. The summed E-state index contributed by atoms with van der Waals surface area (Å²) in [5.41, 5.74) is 2.28. The summed E-state index contributed by atoms with van der Waals surface area (Å²) in [6, 6.07) is 11.6. The van der Waals surface area contributed by atoms with Crippen molar-refractivity contribution in [3.05, 3.63) is 77.6 Å². The van der Waals surface area contributed by atoms with Gasteiger partial charge in [0, 0.05) is 24.7 Å². The van der Waals surface area contributed by atoms with Crippen LogP contribution in [-0.2, 0) is 24.6 Å². The van der Waals surface area contributed by atoms with Crippen LogP contribution in [0.5, 0.6) is 0 Å². The highest BCUT2D eigenvalue weighted by Gasteiger charge is 2.32. The predicted molar refractivity (Wildman–Crippen MR) is 123 cm³/mol. The Hall–Kier alpha value is -4.41. The standard InChI is InChI=1S/C24H19F3N6O2/c1-32-22-15(10-29-32)8-18(11-28-22)30-19-7-2-4-14-12-33(23(35)21(14)19)13-20(34)31-17-6-3-5-16(9-17)24(25,26)27/h2-11,30H,12-13H2,1H3,(H,31,34). The number of nitrogens with one attached hydrogen (secondary N) is 2. The maximum atomic E-state index is 13.1. The van der Waals surface area contributed by atoms with Crippen molar-refractivity contribution in [2.75, 3.05) is 17.2 Å². The first-order valence-corrected chi connectivity index (χ1v) is 10.6. The van der Waals surface area contributed by atoms with Crippen LogP contribution in [0.15, 0.2) is 60.9 Å². The molecule has 0 radical (unpaired) electrons. The van der Waals surface area contributed by atoms with Crippen molar-refractivity contribution in [1.29, 1.82) is 0 Å². The Morgan fingerprint density at radius 2 is 1.89 bits per heavy atom. The van der Waals surface area contributed by atoms with Gasteiger partial charge in [-0.05, 0) is 35.9 Å². The van der Waals surface area contributed by atoms with E-state index in [4.69, 9.17) is 0 Å². The van der Waals surface area contributed by atoms with Gasteiger partial charge in [-0.25, -0.2) is 4.98 Å². The molecule has 178 valence electrons. The van der Waals surface area contributed by atoms with Crippen LogP contribution in [0.25, 0.3) is 11.0 Å². The smallest absolute Gasteiger partial charge is 0.354 e. The number of carbonyl (C=O) groups excluding carboxylic acids is 2. The first kappa shape index (κ1) is 22.4. The van der Waals surface area contributed by atoms with Gasteiger partial charge >= 0.3 is 6.18 Å². The van der Waals surface area contributed by atoms with Crippen molar-refractivity contribution in [3.63, 3.8) is 0 Å². The molecule has 0 spiro atoms. The fourth-order valence-corrected chi connectivity index (χ4v) is 4.07. The summed E-state index contributed by atoms with van der Waals surface area (Å²) in [7, 11) is 1.79. The van der Waals surface area contributed by atoms with Gasteiger partial charge in [-0.15, -0.1) is 0 Å². The van der Waals surface area contributed by atoms with E-state index in [-0.39, 0.29) is 24.7 Å². The molecular weight excluding hydrogens is 461 g/mol. The first-order chi connectivity index (χ1) is 16.7. The fourth-order valence-electron chi connectivity index (χ4n) is 4.07. The van der Waals surface area contributed by atoms with Crippen molar-refractivity contribution >= 4 is 39.9 Å². The number of pyridine rings is 1. The van der Waals surface area contributed by atoms with E-state index >= 15 is 0 Å². The van der Waals surface area contributed by atoms with E-state index in [1.54, 1.807) is 42.3 Å². The van der Waals surface area contributed by atoms with Gasteiger partial charge in [0.2, 0.25) is 5.91 Å². The molecule has 2 N–H and O–H groups in total. The molecule has 2 aromatic heterocycles. The number of aryl methyl sites for hydroxylation is 1. The summed E-state index contributed by atoms with van der Waals surface area (Å²) < 4.78 is 40.4. The lowest BCUT2D eigenvalue weighted by molar-refractivity contribution is -0.137. The molecule has 0 fully saturated rings. The molecular formula is C24H19F3N6O2. The third-order valence-electron chi connectivity index (χ3n) is 5.67. The predicted octanol–water partition coefficient (Wildman–Crippen LogP) is 4.33. The number of alkyl halides is 3. The van der Waals surface area contributed by atoms with Gasteiger partial charge in [-0.1, -0.05) is 18.2 Å². The van der Waals surface area contributed by atoms with E-state index in [0.29, 0.717) is 16.9 Å². The molecule has 0 aliphatic carbocycles. The molecule has 35 heavy (non-hydrogen) atoms. The second-order valence-electron chi connectivity index (χ2n) is 8.16. The Kier molecular flexibility index (Phi) is 5.39. The number of carbonyl (C=O) groups is 2. The van der Waals surface area contributed by atoms with E-state index in [1.807, 2.05) is 6.07 Å². The Balaban J connectivity index is 1.30. The first-order valence-electron chi connectivity index (χ1n) is 10.6. The van der Waals surface area contributed by atoms with Gasteiger partial charge in [0.15, 0.2) is 5.65 Å². The maximum absolute atomic E-state index is 13.1. The summed E-state index contributed by atoms with van der Waals surface area (Å²) in [6.07, 6.45) is -1.18. The van der Waals surface area contributed by atoms with Crippen molar-refractivity contribution < 1.29 is 22.8 Å². The zero-order valence-electron chi connectivity index (χ0n) is 18.4. The van der Waals surface area contributed by atoms with Crippen LogP contribution in [-0.4, -0.2) is 38.0 Å². The number of anilines is 3. The van der Waals surface area contributed by atoms with E-state index in [0.717, 1.165) is 28.7 Å². The van der Waals surface area contributed by atoms with Gasteiger partial charge < -0.3 is 15.5 Å². The second kappa shape index (κ2) is 8.42. The van der Waals surface area contributed by atoms with Crippen LogP contribution >= 0.6 is 0 Å². The molecule has 2 amide bonds. The third kappa shape index (κ3) is 4.39. The molecule has 5 rings (SSSR count). The minimum atomic E-state index is -4.52. The number of hydrogen-bond donors (Lipinski definition) is 2. The molecule has 0 unspecified atom stereocenters. The summed E-state index contributed by atoms with van der Waals surface area (Å²) in [6.45, 7) is -0.0913. The molecule has 4 aromatic rings. The molecule has 11 heteroatoms. The van der Waals surface area contributed by atoms with Crippen LogP contribution in [0.2, 0.25) is 0 Å². The molecule has 1 aliphatic heterocycles. The Labute approximate surface area is 197 Å². The quantitative estimate of drug-likeness (QED) is 0.444. The van der Waals surface area contributed by atoms with Crippen LogP contribution in [0.3, 0.4) is 0 Å². The van der Waals surface area contributed by atoms with Gasteiger partial charge in [0.1, 0.15) is 6.54 Å². The summed E-state index contributed by atoms with van der Waals surface area (Å²) >= 11 is 0. The SMILES string of the molecule is Cn1ncc2cc(Nc3cccc4c3C(=O)N(CC(=O)Nc3cccc(C(F)(F)F)c3)C4)cnc21. The number of benzene rings is 2. The molecule has 1 aliphatic rings. The molecule has 0 bridgehead atoms. The normalized spacial score (nSPS) is 13.3. The van der Waals surface area contributed by atoms with Crippen LogP contribution < -0.4 is 10.6 Å². The lowest BCUT2D eigenvalue weighted by atomic mass is 10.1. The van der Waals surface area contributed by atoms with Crippen LogP contribution in [0, 0.1) is 0 Å². The number of amides is 2. The van der Waals surface area contributed by atoms with Gasteiger partial charge in [-0.2, -0.15) is 18.3 Å². The molecule has 0 saturated carbocycles. The topological polar surface area (TPSA) is 92.2 Å². The average molecular weight is 480 g/mol. The lowest BCUT2D eigenvalue weighted by Gasteiger charge is -2.16. The largest absolute Gasteiger partial charge is 0.416 e. The van der Waals surface area contributed by atoms with Crippen molar-refractivity contribution in [2.24, 2.45) is 7.05 Å². The number of rotatable bonds is 5. The summed E-state index contributed by atoms with van der Waals surface area (Å²) in [4.78, 5) is 31.4. The highest BCUT2D eigenvalue weighted by molar-refractivity contribution is 6.06. The number of halogens is 3. The zero-order valence-corrected chi connectivity index (χ0v) is 18.4. The Morgan fingerprint density at radius 3 is 2.69 bits per heavy atom. The Bertz CT molecular complexity index is 1460. The number of fused-ring (bicyclic) bond motifs is 2. The molecule has 0 atom stereocenters. The third-order valence-corrected chi connectivity index (χ3v) is 5.67. The maximum Gasteiger partial charge on any atom is 0.416 e. The van der Waals surface area contributed by atoms with Gasteiger partial charge in [0.25, 0.3) is 5.91 Å². The average Bonchev–Trinajstić information content (AvgIpc) is 3.33. The van der Waals surface area contributed by atoms with Crippen LogP contribution in [0.1, 0.15) is 21.5 Å². The van der Waals surface area contributed by atoms with E-state index in [9.17, 15) is 22.8 Å². The summed E-state index contributed by atoms with van der Waals surface area (Å²) in [5.74, 6) is -0.941. The van der Waals surface area contributed by atoms with Crippen molar-refractivity contribution in [3.8, 4) is 0 Å². The minimum Gasteiger partial charge on any atom is -0.354 e. The van der Waals surface area contributed by atoms with E-state index in [2.05, 4.69) is 20.7 Å². The molecule has 2 aromatic carbocycles. The second-order valence-corrected chi connectivity index (χ2v) is 8.16. The van der Waals surface area contributed by atoms with Gasteiger partial charge in [0.05, 0.1) is 34.9 Å². The molecule has 3 heterocycles. The highest BCUT2D eigenvalue weighted by Crippen LogP contribution is 2.32. The number of nitrogens with zero attached hydrogens (tertiary/aromatic N) is 4. The zero-order chi connectivity index (χ0) is 24.7. The van der Waals surface area contributed by atoms with Crippen molar-refractivity contribution in [2.45, 2.75) is 12.7 Å². The minimum absolute atomic E-state index is 0.00892. The van der Waals surface area contributed by atoms with E-state index in [1.165, 1.54) is 17.0 Å². The lowest BCUT2D eigenvalue weighted by Crippen LogP contribution is -2.33. The van der Waals surface area contributed by atoms with E-state index < -0.39 is 17.6 Å². The Morgan fingerprint density at radius 1 is 1.09 bits per heavy atom. The fraction of sp³-hybridized carbons (Fsp3) is 0.167. The summed E-state index contributed by atoms with van der Waals surface area (Å²) in [5, 5.41) is 10.7. The van der Waals surface area contributed by atoms with Crippen LogP contribution in [0.4, 0.5) is 30.2 Å². The molecule has 0 saturated heterocycles. The molecule has 8 nitrogen and oxygen atoms in total. The highest BCUT2D eigenvalue weighted by atomic mass is 19.4. The number of hydrogen-bond acceptors (Lipinski definition) is 5. The monoisotopic (exact) mass is 480 g/mol. The van der Waals surface area contributed by atoms with Crippen molar-refractivity contribution in [1.82, 2.24) is 19.7 Å². The van der Waals surface area contributed by atoms with Gasteiger partial charge in [-0.3, -0.25) is 14.3 Å².